The van der Waals surface area contributed by atoms with Gasteiger partial charge in [-0.3, -0.25) is 0 Å². The van der Waals surface area contributed by atoms with Crippen LogP contribution in [0.1, 0.15) is 33.1 Å². The maximum Gasteiger partial charge on any atom is 0.0939 e. The minimum absolute atomic E-state index is 0.226. The van der Waals surface area contributed by atoms with Crippen LogP contribution in [0, 0.1) is 0 Å². The van der Waals surface area contributed by atoms with Gasteiger partial charge < -0.3 is 14.6 Å². The zero-order valence-electron chi connectivity index (χ0n) is 8.88. The van der Waals surface area contributed by atoms with Crippen molar-refractivity contribution in [3.05, 3.63) is 11.8 Å². The second-order valence-corrected chi connectivity index (χ2v) is 4.83. The first-order chi connectivity index (χ1) is 6.52. The van der Waals surface area contributed by atoms with Crippen molar-refractivity contribution in [1.82, 2.24) is 0 Å². The standard InChI is InChI=1S/C11H18O3/c1-10(2)8-11(12,4-6-14-10)9-3-5-13-7-9/h7,12H,3-6,8H2,1-2H3. The molecule has 0 radical (unpaired) electrons. The summed E-state index contributed by atoms with van der Waals surface area (Å²) in [7, 11) is 0. The van der Waals surface area contributed by atoms with Gasteiger partial charge in [-0.25, -0.2) is 0 Å². The Hall–Kier alpha value is -0.540. The van der Waals surface area contributed by atoms with Gasteiger partial charge in [0.15, 0.2) is 0 Å². The van der Waals surface area contributed by atoms with Crippen LogP contribution in [0.4, 0.5) is 0 Å². The van der Waals surface area contributed by atoms with Gasteiger partial charge in [0.2, 0.25) is 0 Å². The first-order valence-electron chi connectivity index (χ1n) is 5.19. The first kappa shape index (κ1) is 9.99. The Morgan fingerprint density at radius 1 is 1.36 bits per heavy atom. The fourth-order valence-corrected chi connectivity index (χ4v) is 2.34. The molecular formula is C11H18O3. The molecule has 0 spiro atoms. The number of ether oxygens (including phenoxy) is 2. The molecule has 0 aliphatic carbocycles. The van der Waals surface area contributed by atoms with E-state index in [1.54, 1.807) is 6.26 Å². The van der Waals surface area contributed by atoms with E-state index in [1.807, 2.05) is 13.8 Å². The third-order valence-corrected chi connectivity index (χ3v) is 3.04. The zero-order chi connectivity index (χ0) is 10.2. The van der Waals surface area contributed by atoms with Crippen molar-refractivity contribution >= 4 is 0 Å². The highest BCUT2D eigenvalue weighted by Gasteiger charge is 2.42. The van der Waals surface area contributed by atoms with E-state index in [0.717, 1.165) is 12.0 Å². The summed E-state index contributed by atoms with van der Waals surface area (Å²) in [5.74, 6) is 0. The molecule has 0 aromatic heterocycles. The Labute approximate surface area is 84.7 Å². The van der Waals surface area contributed by atoms with E-state index in [-0.39, 0.29) is 5.60 Å². The average molecular weight is 198 g/mol. The maximum atomic E-state index is 10.5. The molecule has 3 nitrogen and oxygen atoms in total. The van der Waals surface area contributed by atoms with Crippen LogP contribution in [0.25, 0.3) is 0 Å². The van der Waals surface area contributed by atoms with Crippen LogP contribution in [0.3, 0.4) is 0 Å². The molecule has 1 saturated heterocycles. The second kappa shape index (κ2) is 3.24. The van der Waals surface area contributed by atoms with Crippen molar-refractivity contribution in [2.75, 3.05) is 13.2 Å². The zero-order valence-corrected chi connectivity index (χ0v) is 8.88. The summed E-state index contributed by atoms with van der Waals surface area (Å²) < 4.78 is 10.8. The van der Waals surface area contributed by atoms with E-state index in [0.29, 0.717) is 26.1 Å². The summed E-state index contributed by atoms with van der Waals surface area (Å²) in [6.45, 7) is 5.38. The highest BCUT2D eigenvalue weighted by atomic mass is 16.5. The van der Waals surface area contributed by atoms with Gasteiger partial charge in [0, 0.05) is 19.3 Å². The minimum atomic E-state index is -0.696. The number of hydrogen-bond acceptors (Lipinski definition) is 3. The van der Waals surface area contributed by atoms with Crippen LogP contribution >= 0.6 is 0 Å². The largest absolute Gasteiger partial charge is 0.501 e. The lowest BCUT2D eigenvalue weighted by molar-refractivity contribution is -0.129. The van der Waals surface area contributed by atoms with E-state index in [2.05, 4.69) is 0 Å². The average Bonchev–Trinajstić information content (AvgIpc) is 2.52. The molecule has 1 unspecified atom stereocenters. The van der Waals surface area contributed by atoms with Gasteiger partial charge in [0.25, 0.3) is 0 Å². The van der Waals surface area contributed by atoms with E-state index in [1.165, 1.54) is 0 Å². The normalized spacial score (nSPS) is 36.4. The molecule has 1 atom stereocenters. The van der Waals surface area contributed by atoms with Crippen molar-refractivity contribution in [2.24, 2.45) is 0 Å². The fraction of sp³-hybridized carbons (Fsp3) is 0.818. The molecule has 0 aromatic rings. The third-order valence-electron chi connectivity index (χ3n) is 3.04. The molecule has 1 N–H and O–H groups in total. The van der Waals surface area contributed by atoms with Crippen LogP contribution in [-0.2, 0) is 9.47 Å². The van der Waals surface area contributed by atoms with Crippen molar-refractivity contribution < 1.29 is 14.6 Å². The highest BCUT2D eigenvalue weighted by Crippen LogP contribution is 2.39. The van der Waals surface area contributed by atoms with Gasteiger partial charge in [0.05, 0.1) is 30.7 Å². The molecule has 1 fully saturated rings. The molecular weight excluding hydrogens is 180 g/mol. The molecule has 3 heteroatoms. The topological polar surface area (TPSA) is 38.7 Å². The fourth-order valence-electron chi connectivity index (χ4n) is 2.34. The molecule has 0 bridgehead atoms. The molecule has 0 aromatic carbocycles. The Morgan fingerprint density at radius 2 is 2.14 bits per heavy atom. The Morgan fingerprint density at radius 3 is 2.71 bits per heavy atom. The van der Waals surface area contributed by atoms with E-state index < -0.39 is 5.60 Å². The molecule has 2 rings (SSSR count). The predicted octanol–water partition coefficient (Wildman–Crippen LogP) is 1.61. The molecule has 0 saturated carbocycles. The van der Waals surface area contributed by atoms with Crippen LogP contribution in [-0.4, -0.2) is 29.5 Å². The summed E-state index contributed by atoms with van der Waals surface area (Å²) in [5, 5.41) is 10.5. The molecule has 80 valence electrons. The third kappa shape index (κ3) is 1.79. The van der Waals surface area contributed by atoms with Gasteiger partial charge in [-0.2, -0.15) is 0 Å². The Bertz CT molecular complexity index is 257. The first-order valence-corrected chi connectivity index (χ1v) is 5.19. The molecule has 14 heavy (non-hydrogen) atoms. The summed E-state index contributed by atoms with van der Waals surface area (Å²) >= 11 is 0. The van der Waals surface area contributed by atoms with E-state index in [9.17, 15) is 5.11 Å². The monoisotopic (exact) mass is 198 g/mol. The van der Waals surface area contributed by atoms with Gasteiger partial charge in [-0.1, -0.05) is 0 Å². The quantitative estimate of drug-likeness (QED) is 0.695. The van der Waals surface area contributed by atoms with Crippen LogP contribution < -0.4 is 0 Å². The van der Waals surface area contributed by atoms with Gasteiger partial charge in [-0.05, 0) is 19.4 Å². The molecule has 2 aliphatic rings. The van der Waals surface area contributed by atoms with E-state index in [4.69, 9.17) is 9.47 Å². The summed E-state index contributed by atoms with van der Waals surface area (Å²) in [4.78, 5) is 0. The highest BCUT2D eigenvalue weighted by molar-refractivity contribution is 5.19. The van der Waals surface area contributed by atoms with Crippen molar-refractivity contribution in [1.29, 1.82) is 0 Å². The maximum absolute atomic E-state index is 10.5. The minimum Gasteiger partial charge on any atom is -0.501 e. The smallest absolute Gasteiger partial charge is 0.0939 e. The number of hydrogen-bond donors (Lipinski definition) is 1. The summed E-state index contributed by atoms with van der Waals surface area (Å²) in [6, 6.07) is 0. The van der Waals surface area contributed by atoms with Crippen molar-refractivity contribution in [3.63, 3.8) is 0 Å². The van der Waals surface area contributed by atoms with Crippen molar-refractivity contribution in [2.45, 2.75) is 44.3 Å². The summed E-state index contributed by atoms with van der Waals surface area (Å²) in [6.07, 6.45) is 3.93. The lowest BCUT2D eigenvalue weighted by atomic mass is 9.79. The van der Waals surface area contributed by atoms with Gasteiger partial charge in [-0.15, -0.1) is 0 Å². The SMILES string of the molecule is CC1(C)CC(O)(C2=COCC2)CCO1. The number of rotatable bonds is 1. The Kier molecular flexibility index (Phi) is 2.32. The molecule has 2 aliphatic heterocycles. The number of aliphatic hydroxyl groups is 1. The summed E-state index contributed by atoms with van der Waals surface area (Å²) in [5.41, 5.74) is 0.114. The van der Waals surface area contributed by atoms with Gasteiger partial charge >= 0.3 is 0 Å². The van der Waals surface area contributed by atoms with Gasteiger partial charge in [0.1, 0.15) is 0 Å². The van der Waals surface area contributed by atoms with Crippen LogP contribution in [0.15, 0.2) is 11.8 Å². The molecule has 2 heterocycles. The van der Waals surface area contributed by atoms with Crippen LogP contribution in [0.2, 0.25) is 0 Å². The van der Waals surface area contributed by atoms with E-state index >= 15 is 0 Å². The lowest BCUT2D eigenvalue weighted by Crippen LogP contribution is -2.46. The Balaban J connectivity index is 2.14. The van der Waals surface area contributed by atoms with Crippen LogP contribution in [0.5, 0.6) is 0 Å². The second-order valence-electron chi connectivity index (χ2n) is 4.83. The van der Waals surface area contributed by atoms with Crippen molar-refractivity contribution in [3.8, 4) is 0 Å². The lowest BCUT2D eigenvalue weighted by Gasteiger charge is -2.41. The molecule has 0 amide bonds. The predicted molar refractivity (Wildman–Crippen MR) is 52.9 cm³/mol.